The molecule has 0 radical (unpaired) electrons. The van der Waals surface area contributed by atoms with E-state index in [0.717, 1.165) is 23.4 Å². The predicted molar refractivity (Wildman–Crippen MR) is 116 cm³/mol. The summed E-state index contributed by atoms with van der Waals surface area (Å²) in [5, 5.41) is 9.53. The Hall–Kier alpha value is -2.48. The maximum absolute atomic E-state index is 12.9. The van der Waals surface area contributed by atoms with Gasteiger partial charge in [-0.05, 0) is 44.0 Å². The van der Waals surface area contributed by atoms with Crippen LogP contribution in [0.25, 0.3) is 0 Å². The fourth-order valence-corrected chi connectivity index (χ4v) is 4.35. The molecule has 2 aliphatic heterocycles. The van der Waals surface area contributed by atoms with E-state index in [-0.39, 0.29) is 18.2 Å². The zero-order valence-electron chi connectivity index (χ0n) is 16.0. The Labute approximate surface area is 170 Å². The topological polar surface area (TPSA) is 82.4 Å². The van der Waals surface area contributed by atoms with Crippen molar-refractivity contribution in [2.24, 2.45) is 11.7 Å². The Balaban J connectivity index is 1.48. The number of nitrogens with two attached hydrogens (primary N) is 1. The van der Waals surface area contributed by atoms with Crippen molar-refractivity contribution >= 4 is 34.5 Å². The Kier molecular flexibility index (Phi) is 5.05. The van der Waals surface area contributed by atoms with Crippen LogP contribution in [-0.2, 0) is 11.2 Å². The van der Waals surface area contributed by atoms with E-state index < -0.39 is 12.1 Å². The van der Waals surface area contributed by atoms with Crippen LogP contribution in [0, 0.1) is 12.8 Å². The summed E-state index contributed by atoms with van der Waals surface area (Å²) >= 11 is 5.50. The average Bonchev–Trinajstić information content (AvgIpc) is 2.98. The van der Waals surface area contributed by atoms with Crippen molar-refractivity contribution in [1.82, 2.24) is 10.6 Å². The zero-order chi connectivity index (χ0) is 19.8. The van der Waals surface area contributed by atoms with Gasteiger partial charge < -0.3 is 21.3 Å². The van der Waals surface area contributed by atoms with Crippen molar-refractivity contribution in [3.05, 3.63) is 59.7 Å². The molecule has 2 aromatic carbocycles. The first-order valence-electron chi connectivity index (χ1n) is 9.50. The summed E-state index contributed by atoms with van der Waals surface area (Å²) in [5.41, 5.74) is 10.8. The number of nitrogens with one attached hydrogen (secondary N) is 3. The second-order valence-electron chi connectivity index (χ2n) is 7.53. The number of amides is 1. The molecule has 0 bridgehead atoms. The Bertz CT molecular complexity index is 900. The number of anilines is 2. The van der Waals surface area contributed by atoms with Gasteiger partial charge in [-0.2, -0.15) is 0 Å². The minimum Gasteiger partial charge on any atom is -0.349 e. The first-order valence-corrected chi connectivity index (χ1v) is 9.90. The van der Waals surface area contributed by atoms with Crippen molar-refractivity contribution in [2.45, 2.75) is 38.8 Å². The molecular weight excluding hydrogens is 370 g/mol. The molecule has 4 unspecified atom stereocenters. The number of hydrogen-bond donors (Lipinski definition) is 4. The molecule has 0 aliphatic carbocycles. The number of nitrogens with zero attached hydrogens (tertiary/aromatic N) is 1. The van der Waals surface area contributed by atoms with Crippen LogP contribution < -0.4 is 26.6 Å². The van der Waals surface area contributed by atoms with Crippen molar-refractivity contribution in [3.63, 3.8) is 0 Å². The molecule has 146 valence electrons. The number of carbonyl (C=O) groups is 1. The number of aryl methyl sites for hydroxylation is 1. The fourth-order valence-electron chi connectivity index (χ4n) is 3.98. The molecule has 7 heteroatoms. The van der Waals surface area contributed by atoms with E-state index in [1.54, 1.807) is 0 Å². The second-order valence-corrected chi connectivity index (χ2v) is 7.97. The van der Waals surface area contributed by atoms with E-state index in [9.17, 15) is 4.79 Å². The molecule has 4 rings (SSSR count). The van der Waals surface area contributed by atoms with Gasteiger partial charge >= 0.3 is 0 Å². The van der Waals surface area contributed by atoms with Gasteiger partial charge in [-0.25, -0.2) is 0 Å². The van der Waals surface area contributed by atoms with Crippen molar-refractivity contribution in [2.75, 3.05) is 10.2 Å². The van der Waals surface area contributed by atoms with Crippen LogP contribution in [0.1, 0.15) is 18.1 Å². The lowest BCUT2D eigenvalue weighted by Gasteiger charge is -2.42. The summed E-state index contributed by atoms with van der Waals surface area (Å²) in [5.74, 6) is -0.807. The lowest BCUT2D eigenvalue weighted by Crippen LogP contribution is -2.71. The number of fused-ring (bicyclic) bond motifs is 1. The molecule has 1 amide bonds. The Morgan fingerprint density at radius 2 is 1.93 bits per heavy atom. The molecule has 2 heterocycles. The quantitative estimate of drug-likeness (QED) is 0.596. The van der Waals surface area contributed by atoms with Crippen LogP contribution in [0.2, 0.25) is 0 Å². The minimum absolute atomic E-state index is 0.169. The van der Waals surface area contributed by atoms with Gasteiger partial charge in [0.05, 0.1) is 11.2 Å². The van der Waals surface area contributed by atoms with Gasteiger partial charge in [-0.3, -0.25) is 10.1 Å². The Morgan fingerprint density at radius 1 is 1.21 bits per heavy atom. The molecule has 0 saturated carbocycles. The average molecular weight is 396 g/mol. The van der Waals surface area contributed by atoms with Crippen LogP contribution in [0.4, 0.5) is 11.4 Å². The van der Waals surface area contributed by atoms with Gasteiger partial charge in [-0.1, -0.05) is 48.1 Å². The predicted octanol–water partition coefficient (Wildman–Crippen LogP) is 2.09. The number of carbonyl (C=O) groups excluding carboxylic acids is 1. The van der Waals surface area contributed by atoms with Gasteiger partial charge in [0.25, 0.3) is 0 Å². The normalized spacial score (nSPS) is 26.5. The van der Waals surface area contributed by atoms with Crippen LogP contribution in [0.5, 0.6) is 0 Å². The van der Waals surface area contributed by atoms with Gasteiger partial charge in [-0.15, -0.1) is 0 Å². The molecule has 1 saturated heterocycles. The van der Waals surface area contributed by atoms with Crippen molar-refractivity contribution in [1.29, 1.82) is 0 Å². The summed E-state index contributed by atoms with van der Waals surface area (Å²) in [6, 6.07) is 16.4. The third kappa shape index (κ3) is 3.48. The third-order valence-corrected chi connectivity index (χ3v) is 5.77. The highest BCUT2D eigenvalue weighted by Gasteiger charge is 2.41. The smallest absolute Gasteiger partial charge is 0.235 e. The Morgan fingerprint density at radius 3 is 2.64 bits per heavy atom. The molecule has 5 N–H and O–H groups in total. The molecule has 28 heavy (non-hydrogen) atoms. The van der Waals surface area contributed by atoms with Gasteiger partial charge in [0.15, 0.2) is 6.29 Å². The summed E-state index contributed by atoms with van der Waals surface area (Å²) in [4.78, 5) is 15.5. The van der Waals surface area contributed by atoms with E-state index in [4.69, 9.17) is 18.0 Å². The highest BCUT2D eigenvalue weighted by molar-refractivity contribution is 7.80. The van der Waals surface area contributed by atoms with Gasteiger partial charge in [0, 0.05) is 17.4 Å². The molecule has 0 aromatic heterocycles. The lowest BCUT2D eigenvalue weighted by atomic mass is 10.0. The molecule has 2 aromatic rings. The lowest BCUT2D eigenvalue weighted by molar-refractivity contribution is -0.126. The minimum atomic E-state index is -0.638. The van der Waals surface area contributed by atoms with E-state index in [1.807, 2.05) is 43.3 Å². The fraction of sp³-hybridized carbons (Fsp3) is 0.333. The molecule has 6 nitrogen and oxygen atoms in total. The molecule has 2 aliphatic rings. The molecular formula is C21H25N5OS. The number of thiocarbonyl (C=S) groups is 1. The van der Waals surface area contributed by atoms with E-state index in [1.165, 1.54) is 5.56 Å². The monoisotopic (exact) mass is 395 g/mol. The highest BCUT2D eigenvalue weighted by atomic mass is 32.1. The summed E-state index contributed by atoms with van der Waals surface area (Å²) in [6.07, 6.45) is -0.000230. The number of benzene rings is 2. The maximum atomic E-state index is 12.9. The van der Waals surface area contributed by atoms with E-state index in [2.05, 4.69) is 39.9 Å². The second kappa shape index (κ2) is 7.50. The van der Waals surface area contributed by atoms with Gasteiger partial charge in [0.1, 0.15) is 5.92 Å². The summed E-state index contributed by atoms with van der Waals surface area (Å²) in [6.45, 7) is 4.17. The van der Waals surface area contributed by atoms with E-state index >= 15 is 0 Å². The van der Waals surface area contributed by atoms with Gasteiger partial charge in [0.2, 0.25) is 5.91 Å². The summed E-state index contributed by atoms with van der Waals surface area (Å²) in [7, 11) is 0. The first-order chi connectivity index (χ1) is 13.4. The first kappa shape index (κ1) is 18.9. The largest absolute Gasteiger partial charge is 0.349 e. The van der Waals surface area contributed by atoms with E-state index in [0.29, 0.717) is 4.99 Å². The third-order valence-electron chi connectivity index (χ3n) is 5.41. The molecule has 0 spiro atoms. The van der Waals surface area contributed by atoms with Crippen molar-refractivity contribution in [3.8, 4) is 0 Å². The van der Waals surface area contributed by atoms with Crippen LogP contribution in [0.15, 0.2) is 48.5 Å². The highest BCUT2D eigenvalue weighted by Crippen LogP contribution is 2.33. The number of hydrogen-bond acceptors (Lipinski definition) is 5. The standard InChI is InChI=1S/C21H25N5OS/c1-12-7-9-15(10-8-12)23-20(28)17-18(22)24-21(25-19(17)27)26-13(2)11-14-5-3-4-6-16(14)26/h3-10,13,17-18,21,24H,11,22H2,1-2H3,(H,23,28)(H,25,27). The number of para-hydroxylation sites is 1. The van der Waals surface area contributed by atoms with Crippen LogP contribution >= 0.6 is 12.2 Å². The summed E-state index contributed by atoms with van der Waals surface area (Å²) < 4.78 is 0. The van der Waals surface area contributed by atoms with Crippen molar-refractivity contribution < 1.29 is 4.79 Å². The van der Waals surface area contributed by atoms with Crippen LogP contribution in [-0.4, -0.2) is 29.4 Å². The SMILES string of the molecule is Cc1ccc(NC(=S)C2C(=O)NC(N3c4ccccc4CC3C)NC2N)cc1. The number of rotatable bonds is 3. The zero-order valence-corrected chi connectivity index (χ0v) is 16.8. The molecule has 1 fully saturated rings. The molecule has 4 atom stereocenters. The van der Waals surface area contributed by atoms with Crippen LogP contribution in [0.3, 0.4) is 0 Å². The maximum Gasteiger partial charge on any atom is 0.235 e.